The molecule has 0 saturated carbocycles. The van der Waals surface area contributed by atoms with Crippen molar-refractivity contribution in [2.24, 2.45) is 4.47 Å². The number of hydrogen-bond acceptors (Lipinski definition) is 3. The summed E-state index contributed by atoms with van der Waals surface area (Å²) in [6.07, 6.45) is 0. The Bertz CT molecular complexity index is 566. The van der Waals surface area contributed by atoms with E-state index in [0.717, 1.165) is 27.1 Å². The quantitative estimate of drug-likeness (QED) is 0.790. The van der Waals surface area contributed by atoms with E-state index in [0.29, 0.717) is 6.61 Å². The fourth-order valence-corrected chi connectivity index (χ4v) is 2.09. The topological polar surface area (TPSA) is 24.8 Å². The summed E-state index contributed by atoms with van der Waals surface area (Å²) >= 11 is 4.73. The first-order valence-electron chi connectivity index (χ1n) is 5.80. The fraction of sp³-hybridized carbons (Fsp3) is 0.143. The molecule has 2 aromatic rings. The van der Waals surface area contributed by atoms with Crippen LogP contribution in [-0.2, 0) is 27.9 Å². The zero-order valence-electron chi connectivity index (χ0n) is 10.5. The van der Waals surface area contributed by atoms with Gasteiger partial charge in [-0.25, -0.2) is 0 Å². The molecule has 0 heterocycles. The van der Waals surface area contributed by atoms with Gasteiger partial charge in [0.05, 0.1) is 15.8 Å². The Labute approximate surface area is 121 Å². The second kappa shape index (κ2) is 7.01. The molecular weight excluding hydrogens is 276 g/mol. The van der Waals surface area contributed by atoms with Gasteiger partial charge in [0.2, 0.25) is 0 Å². The van der Waals surface area contributed by atoms with E-state index in [9.17, 15) is 0 Å². The molecule has 0 N–H and O–H groups in total. The highest BCUT2D eigenvalue weighted by Crippen LogP contribution is 2.19. The fourth-order valence-electron chi connectivity index (χ4n) is 1.60. The third-order valence-corrected chi connectivity index (χ3v) is 3.13. The smallest absolute Gasteiger partial charge is 0.119 e. The van der Waals surface area contributed by atoms with Crippen LogP contribution in [0.1, 0.15) is 5.56 Å². The molecule has 2 aromatic carbocycles. The van der Waals surface area contributed by atoms with Crippen molar-refractivity contribution in [3.8, 4) is 5.75 Å². The molecule has 98 valence electrons. The second-order valence-corrected chi connectivity index (χ2v) is 4.71. The Morgan fingerprint density at radius 1 is 1.11 bits per heavy atom. The first kappa shape index (κ1) is 13.7. The normalized spacial score (nSPS) is 9.74. The molecule has 0 atom stereocenters. The number of benzene rings is 2. The van der Waals surface area contributed by atoms with E-state index in [1.54, 1.807) is 5.01 Å². The summed E-state index contributed by atoms with van der Waals surface area (Å²) in [4.78, 5) is 0. The molecule has 0 fully saturated rings. The van der Waals surface area contributed by atoms with Crippen molar-refractivity contribution in [2.45, 2.75) is 6.61 Å². The molecule has 5 heteroatoms. The van der Waals surface area contributed by atoms with Crippen molar-refractivity contribution in [1.29, 1.82) is 0 Å². The molecule has 0 saturated heterocycles. The molecule has 0 radical (unpaired) electrons. The Hall–Kier alpha value is -1.72. The highest BCUT2D eigenvalue weighted by molar-refractivity contribution is 8.12. The lowest BCUT2D eigenvalue weighted by atomic mass is 10.2. The minimum atomic E-state index is 0.572. The van der Waals surface area contributed by atoms with Crippen molar-refractivity contribution in [1.82, 2.24) is 0 Å². The average Bonchev–Trinajstić information content (AvgIpc) is 2.47. The van der Waals surface area contributed by atoms with E-state index < -0.39 is 0 Å². The predicted octanol–water partition coefficient (Wildman–Crippen LogP) is 3.34. The SMILES string of the molecule is CN(N=S=S)c1ccc(OCc2ccccc2)cc1. The van der Waals surface area contributed by atoms with E-state index in [2.05, 4.69) is 4.47 Å². The van der Waals surface area contributed by atoms with Gasteiger partial charge in [0.1, 0.15) is 12.4 Å². The predicted molar refractivity (Wildman–Crippen MR) is 82.8 cm³/mol. The molecule has 0 aliphatic carbocycles. The van der Waals surface area contributed by atoms with Crippen LogP contribution in [-0.4, -0.2) is 7.05 Å². The highest BCUT2D eigenvalue weighted by Gasteiger charge is 1.99. The molecule has 0 unspecified atom stereocenters. The number of ether oxygens (including phenoxy) is 1. The van der Waals surface area contributed by atoms with Gasteiger partial charge in [-0.2, -0.15) is 0 Å². The monoisotopic (exact) mass is 290 g/mol. The summed E-state index contributed by atoms with van der Waals surface area (Å²) in [5, 5.41) is 1.73. The Balaban J connectivity index is 1.97. The van der Waals surface area contributed by atoms with Crippen LogP contribution >= 0.6 is 0 Å². The maximum atomic E-state index is 5.71. The summed E-state index contributed by atoms with van der Waals surface area (Å²) in [5.41, 5.74) is 2.13. The van der Waals surface area contributed by atoms with Gasteiger partial charge in [-0.15, -0.1) is 4.47 Å². The van der Waals surface area contributed by atoms with Crippen molar-refractivity contribution in [2.75, 3.05) is 12.1 Å². The van der Waals surface area contributed by atoms with E-state index in [1.165, 1.54) is 0 Å². The summed E-state index contributed by atoms with van der Waals surface area (Å²) in [7, 11) is 2.88. The lowest BCUT2D eigenvalue weighted by molar-refractivity contribution is 0.306. The van der Waals surface area contributed by atoms with Crippen LogP contribution in [0, 0.1) is 0 Å². The standard InChI is InChI=1S/C14H14N2OS2/c1-16(15-19-18)13-7-9-14(10-8-13)17-11-12-5-3-2-4-6-12/h2-10H,11H2,1H3. The van der Waals surface area contributed by atoms with Crippen LogP contribution in [0.25, 0.3) is 0 Å². The number of hydrogen-bond donors (Lipinski definition) is 0. The number of anilines is 1. The van der Waals surface area contributed by atoms with E-state index in [1.807, 2.05) is 61.6 Å². The number of rotatable bonds is 5. The van der Waals surface area contributed by atoms with E-state index in [4.69, 9.17) is 15.9 Å². The summed E-state index contributed by atoms with van der Waals surface area (Å²) in [5.74, 6) is 0.840. The van der Waals surface area contributed by atoms with Crippen LogP contribution in [0.4, 0.5) is 5.69 Å². The summed E-state index contributed by atoms with van der Waals surface area (Å²) < 4.78 is 9.75. The number of nitrogens with zero attached hydrogens (tertiary/aromatic N) is 2. The molecule has 0 spiro atoms. The third kappa shape index (κ3) is 4.15. The largest absolute Gasteiger partial charge is 0.489 e. The Morgan fingerprint density at radius 2 is 1.79 bits per heavy atom. The van der Waals surface area contributed by atoms with Gasteiger partial charge in [0.25, 0.3) is 0 Å². The molecule has 0 aromatic heterocycles. The molecule has 0 aliphatic heterocycles. The first-order chi connectivity index (χ1) is 9.29. The first-order valence-corrected chi connectivity index (χ1v) is 7.50. The van der Waals surface area contributed by atoms with Crippen LogP contribution in [0.5, 0.6) is 5.75 Å². The third-order valence-electron chi connectivity index (χ3n) is 2.61. The lowest BCUT2D eigenvalue weighted by Crippen LogP contribution is -2.06. The Kier molecular flexibility index (Phi) is 5.06. The average molecular weight is 290 g/mol. The minimum Gasteiger partial charge on any atom is -0.489 e. The van der Waals surface area contributed by atoms with Crippen molar-refractivity contribution in [3.05, 3.63) is 60.2 Å². The van der Waals surface area contributed by atoms with Gasteiger partial charge in [0, 0.05) is 18.2 Å². The maximum absolute atomic E-state index is 5.71. The second-order valence-electron chi connectivity index (χ2n) is 3.95. The van der Waals surface area contributed by atoms with E-state index >= 15 is 0 Å². The van der Waals surface area contributed by atoms with Crippen molar-refractivity contribution < 1.29 is 4.74 Å². The summed E-state index contributed by atoms with van der Waals surface area (Å²) in [6, 6.07) is 17.9. The molecule has 0 amide bonds. The van der Waals surface area contributed by atoms with Gasteiger partial charge in [-0.05, 0) is 29.8 Å². The van der Waals surface area contributed by atoms with Gasteiger partial charge < -0.3 is 4.74 Å². The van der Waals surface area contributed by atoms with Crippen LogP contribution in [0.15, 0.2) is 59.1 Å². The van der Waals surface area contributed by atoms with Crippen LogP contribution in [0.2, 0.25) is 0 Å². The van der Waals surface area contributed by atoms with Gasteiger partial charge in [0.15, 0.2) is 0 Å². The minimum absolute atomic E-state index is 0.572. The summed E-state index contributed by atoms with van der Waals surface area (Å²) in [6.45, 7) is 0.572. The molecular formula is C14H14N2OS2. The molecule has 0 bridgehead atoms. The highest BCUT2D eigenvalue weighted by atomic mass is 32.8. The van der Waals surface area contributed by atoms with Crippen LogP contribution < -0.4 is 9.75 Å². The molecule has 3 nitrogen and oxygen atoms in total. The van der Waals surface area contributed by atoms with Crippen LogP contribution in [0.3, 0.4) is 0 Å². The zero-order chi connectivity index (χ0) is 13.5. The van der Waals surface area contributed by atoms with E-state index in [-0.39, 0.29) is 0 Å². The lowest BCUT2D eigenvalue weighted by Gasteiger charge is -2.12. The maximum Gasteiger partial charge on any atom is 0.119 e. The molecule has 19 heavy (non-hydrogen) atoms. The molecule has 0 aliphatic rings. The molecule has 2 rings (SSSR count). The van der Waals surface area contributed by atoms with Gasteiger partial charge in [-0.1, -0.05) is 30.3 Å². The van der Waals surface area contributed by atoms with Gasteiger partial charge >= 0.3 is 0 Å². The van der Waals surface area contributed by atoms with Gasteiger partial charge in [-0.3, -0.25) is 5.01 Å². The van der Waals surface area contributed by atoms with Crippen molar-refractivity contribution in [3.63, 3.8) is 0 Å². The zero-order valence-corrected chi connectivity index (χ0v) is 12.2. The Morgan fingerprint density at radius 3 is 2.42 bits per heavy atom. The van der Waals surface area contributed by atoms with Crippen molar-refractivity contribution >= 4 is 27.0 Å².